The summed E-state index contributed by atoms with van der Waals surface area (Å²) < 4.78 is 44.4. The van der Waals surface area contributed by atoms with Crippen molar-refractivity contribution in [1.29, 1.82) is 0 Å². The number of ether oxygens (including phenoxy) is 1. The van der Waals surface area contributed by atoms with Crippen LogP contribution in [0, 0.1) is 26.6 Å². The van der Waals surface area contributed by atoms with Gasteiger partial charge in [0, 0.05) is 18.0 Å². The molecule has 0 unspecified atom stereocenters. The summed E-state index contributed by atoms with van der Waals surface area (Å²) in [6, 6.07) is 10.8. The minimum atomic E-state index is -3.82. The van der Waals surface area contributed by atoms with Crippen LogP contribution in [0.4, 0.5) is 4.39 Å². The third-order valence-corrected chi connectivity index (χ3v) is 5.78. The molecular weight excluding hydrogens is 377 g/mol. The van der Waals surface area contributed by atoms with E-state index >= 15 is 4.39 Å². The summed E-state index contributed by atoms with van der Waals surface area (Å²) in [5, 5.41) is 0. The Morgan fingerprint density at radius 3 is 2.21 bits per heavy atom. The minimum Gasteiger partial charge on any atom is -0.495 e. The highest BCUT2D eigenvalue weighted by molar-refractivity contribution is 7.90. The summed E-state index contributed by atoms with van der Waals surface area (Å²) in [7, 11) is -2.50. The molecule has 0 radical (unpaired) electrons. The van der Waals surface area contributed by atoms with Gasteiger partial charge in [-0.15, -0.1) is 0 Å². The van der Waals surface area contributed by atoms with E-state index in [-0.39, 0.29) is 11.3 Å². The number of benzene rings is 2. The second kappa shape index (κ2) is 7.36. The van der Waals surface area contributed by atoms with Crippen LogP contribution in [0.3, 0.4) is 0 Å². The zero-order chi connectivity index (χ0) is 20.6. The number of pyridine rings is 1. The molecule has 3 rings (SSSR count). The molecule has 2 aromatic carbocycles. The highest BCUT2D eigenvalue weighted by Crippen LogP contribution is 2.35. The summed E-state index contributed by atoms with van der Waals surface area (Å²) in [5.41, 5.74) is 5.84. The van der Waals surface area contributed by atoms with Gasteiger partial charge in [-0.25, -0.2) is 12.8 Å². The summed E-state index contributed by atoms with van der Waals surface area (Å²) >= 11 is 0. The maximum atomic E-state index is 15.1. The van der Waals surface area contributed by atoms with E-state index in [0.717, 1.165) is 28.5 Å². The first kappa shape index (κ1) is 20.0. The molecule has 4 nitrogen and oxygen atoms in total. The normalized spacial score (nSPS) is 11.5. The van der Waals surface area contributed by atoms with Gasteiger partial charge in [-0.1, -0.05) is 17.7 Å². The fourth-order valence-corrected chi connectivity index (χ4v) is 4.56. The lowest BCUT2D eigenvalue weighted by Crippen LogP contribution is -2.06. The highest BCUT2D eigenvalue weighted by Gasteiger charge is 2.24. The van der Waals surface area contributed by atoms with Crippen LogP contribution in [0.5, 0.6) is 5.75 Å². The minimum absolute atomic E-state index is 0.0230. The van der Waals surface area contributed by atoms with Gasteiger partial charge in [0.05, 0.1) is 12.8 Å². The largest absolute Gasteiger partial charge is 0.495 e. The first-order valence-electron chi connectivity index (χ1n) is 8.74. The maximum absolute atomic E-state index is 15.1. The molecule has 0 fully saturated rings. The van der Waals surface area contributed by atoms with Crippen LogP contribution >= 0.6 is 0 Å². The second-order valence-electron chi connectivity index (χ2n) is 6.93. The quantitative estimate of drug-likeness (QED) is 0.627. The van der Waals surface area contributed by atoms with Gasteiger partial charge in [0.2, 0.25) is 0 Å². The van der Waals surface area contributed by atoms with Gasteiger partial charge >= 0.3 is 0 Å². The monoisotopic (exact) mass is 399 g/mol. The van der Waals surface area contributed by atoms with Crippen LogP contribution in [0.1, 0.15) is 16.7 Å². The van der Waals surface area contributed by atoms with Crippen molar-refractivity contribution in [3.05, 3.63) is 65.1 Å². The number of halogens is 1. The standard InChI is InChI=1S/C22H22FNO3S/c1-13-10-14(2)20(15(3)11-13)16-8-9-24-18(12-16)17-6-7-19(27-4)22(21(17)23)28(5,25)26/h6-12H,1-5H3. The van der Waals surface area contributed by atoms with Crippen molar-refractivity contribution >= 4 is 9.84 Å². The smallest absolute Gasteiger partial charge is 0.182 e. The van der Waals surface area contributed by atoms with Crippen LogP contribution in [0.15, 0.2) is 47.5 Å². The molecular formula is C22H22FNO3S. The Morgan fingerprint density at radius 2 is 1.64 bits per heavy atom. The molecule has 0 amide bonds. The number of hydrogen-bond donors (Lipinski definition) is 0. The molecule has 28 heavy (non-hydrogen) atoms. The fourth-order valence-electron chi connectivity index (χ4n) is 3.61. The van der Waals surface area contributed by atoms with Crippen molar-refractivity contribution in [2.45, 2.75) is 25.7 Å². The van der Waals surface area contributed by atoms with Crippen molar-refractivity contribution in [1.82, 2.24) is 4.98 Å². The van der Waals surface area contributed by atoms with Crippen LogP contribution in [0.25, 0.3) is 22.4 Å². The number of methoxy groups -OCH3 is 1. The van der Waals surface area contributed by atoms with E-state index in [9.17, 15) is 8.42 Å². The molecule has 0 N–H and O–H groups in total. The summed E-state index contributed by atoms with van der Waals surface area (Å²) in [6.45, 7) is 6.11. The lowest BCUT2D eigenvalue weighted by Gasteiger charge is -2.14. The van der Waals surface area contributed by atoms with Gasteiger partial charge in [0.1, 0.15) is 10.6 Å². The molecule has 0 atom stereocenters. The van der Waals surface area contributed by atoms with E-state index in [0.29, 0.717) is 5.69 Å². The van der Waals surface area contributed by atoms with E-state index in [1.165, 1.54) is 24.8 Å². The van der Waals surface area contributed by atoms with Crippen molar-refractivity contribution in [2.24, 2.45) is 0 Å². The zero-order valence-corrected chi connectivity index (χ0v) is 17.3. The Morgan fingerprint density at radius 1 is 1.00 bits per heavy atom. The lowest BCUT2D eigenvalue weighted by molar-refractivity contribution is 0.395. The zero-order valence-electron chi connectivity index (χ0n) is 16.5. The summed E-state index contributed by atoms with van der Waals surface area (Å²) in [4.78, 5) is 3.82. The van der Waals surface area contributed by atoms with Crippen LogP contribution in [-0.4, -0.2) is 26.8 Å². The van der Waals surface area contributed by atoms with Gasteiger partial charge in [-0.2, -0.15) is 0 Å². The molecule has 1 aromatic heterocycles. The molecule has 0 saturated carbocycles. The predicted octanol–water partition coefficient (Wildman–Crippen LogP) is 4.89. The average Bonchev–Trinajstić information content (AvgIpc) is 2.59. The number of aryl methyl sites for hydroxylation is 3. The predicted molar refractivity (Wildman–Crippen MR) is 109 cm³/mol. The summed E-state index contributed by atoms with van der Waals surface area (Å²) in [6.07, 6.45) is 2.56. The third kappa shape index (κ3) is 3.64. The molecule has 3 aromatic rings. The Kier molecular flexibility index (Phi) is 5.26. The summed E-state index contributed by atoms with van der Waals surface area (Å²) in [5.74, 6) is -0.881. The Labute approximate surface area is 164 Å². The van der Waals surface area contributed by atoms with Crippen LogP contribution < -0.4 is 4.74 Å². The van der Waals surface area contributed by atoms with E-state index in [4.69, 9.17) is 4.74 Å². The first-order chi connectivity index (χ1) is 13.1. The molecule has 146 valence electrons. The van der Waals surface area contributed by atoms with Crippen molar-refractivity contribution in [2.75, 3.05) is 13.4 Å². The van der Waals surface area contributed by atoms with Crippen LogP contribution in [-0.2, 0) is 9.84 Å². The van der Waals surface area contributed by atoms with E-state index in [2.05, 4.69) is 17.1 Å². The molecule has 0 aliphatic heterocycles. The SMILES string of the molecule is COc1ccc(-c2cc(-c3c(C)cc(C)cc3C)ccn2)c(F)c1S(C)(=O)=O. The highest BCUT2D eigenvalue weighted by atomic mass is 32.2. The Hall–Kier alpha value is -2.73. The first-order valence-corrected chi connectivity index (χ1v) is 10.6. The number of rotatable bonds is 4. The van der Waals surface area contributed by atoms with Crippen molar-refractivity contribution < 1.29 is 17.5 Å². The fraction of sp³-hybridized carbons (Fsp3) is 0.227. The topological polar surface area (TPSA) is 56.3 Å². The van der Waals surface area contributed by atoms with Gasteiger partial charge in [0.25, 0.3) is 0 Å². The maximum Gasteiger partial charge on any atom is 0.182 e. The number of hydrogen-bond acceptors (Lipinski definition) is 4. The molecule has 0 spiro atoms. The Bertz CT molecular complexity index is 1150. The van der Waals surface area contributed by atoms with Gasteiger partial charge in [-0.3, -0.25) is 4.98 Å². The van der Waals surface area contributed by atoms with E-state index in [1.54, 1.807) is 12.3 Å². The molecule has 0 saturated heterocycles. The number of aromatic nitrogens is 1. The third-order valence-electron chi connectivity index (χ3n) is 4.65. The second-order valence-corrected chi connectivity index (χ2v) is 8.89. The number of nitrogens with zero attached hydrogens (tertiary/aromatic N) is 1. The van der Waals surface area contributed by atoms with Crippen molar-refractivity contribution in [3.8, 4) is 28.1 Å². The molecule has 1 heterocycles. The molecule has 0 bridgehead atoms. The van der Waals surface area contributed by atoms with Crippen LogP contribution in [0.2, 0.25) is 0 Å². The molecule has 0 aliphatic carbocycles. The lowest BCUT2D eigenvalue weighted by atomic mass is 9.93. The number of sulfone groups is 1. The van der Waals surface area contributed by atoms with Gasteiger partial charge in [-0.05, 0) is 67.3 Å². The molecule has 0 aliphatic rings. The Balaban J connectivity index is 2.22. The van der Waals surface area contributed by atoms with Gasteiger partial charge < -0.3 is 4.74 Å². The van der Waals surface area contributed by atoms with Gasteiger partial charge in [0.15, 0.2) is 15.7 Å². The van der Waals surface area contributed by atoms with Crippen molar-refractivity contribution in [3.63, 3.8) is 0 Å². The van der Waals surface area contributed by atoms with E-state index < -0.39 is 20.5 Å². The molecule has 6 heteroatoms. The average molecular weight is 399 g/mol. The van der Waals surface area contributed by atoms with E-state index in [1.807, 2.05) is 26.8 Å².